The smallest absolute Gasteiger partial charge is 0.876 e. The van der Waals surface area contributed by atoms with Crippen molar-refractivity contribution in [3.05, 3.63) is 48.0 Å². The van der Waals surface area contributed by atoms with Gasteiger partial charge in [-0.05, 0) is 26.0 Å². The molecule has 0 saturated carbocycles. The van der Waals surface area contributed by atoms with Crippen molar-refractivity contribution in [2.75, 3.05) is 0 Å². The molecule has 1 aromatic heterocycles. The fourth-order valence-electron chi connectivity index (χ4n) is 0.977. The summed E-state index contributed by atoms with van der Waals surface area (Å²) in [7, 11) is 0. The first-order valence-corrected chi connectivity index (χ1v) is 6.25. The van der Waals surface area contributed by atoms with E-state index in [9.17, 15) is 29.7 Å². The van der Waals surface area contributed by atoms with Crippen LogP contribution in [0.3, 0.4) is 0 Å². The number of rotatable bonds is 3. The number of ketones is 2. The summed E-state index contributed by atoms with van der Waals surface area (Å²) in [5, 5.41) is 29.9. The van der Waals surface area contributed by atoms with Gasteiger partial charge in [0, 0.05) is 12.4 Å². The van der Waals surface area contributed by atoms with Gasteiger partial charge in [-0.1, -0.05) is 13.8 Å². The summed E-state index contributed by atoms with van der Waals surface area (Å²) < 4.78 is 0. The van der Waals surface area contributed by atoms with Crippen LogP contribution in [0.5, 0.6) is 0 Å². The molecule has 0 saturated heterocycles. The Kier molecular flexibility index (Phi) is 28.8. The molecule has 0 bridgehead atoms. The quantitative estimate of drug-likeness (QED) is 0.222. The van der Waals surface area contributed by atoms with Gasteiger partial charge in [0.25, 0.3) is 0 Å². The van der Waals surface area contributed by atoms with Crippen molar-refractivity contribution < 1.29 is 78.8 Å². The van der Waals surface area contributed by atoms with E-state index in [1.54, 1.807) is 0 Å². The van der Waals surface area contributed by atoms with E-state index < -0.39 is 5.97 Å². The number of aromatic carboxylic acids is 1. The van der Waals surface area contributed by atoms with E-state index in [0.29, 0.717) is 0 Å². The Morgan fingerprint density at radius 1 is 0.846 bits per heavy atom. The van der Waals surface area contributed by atoms with Gasteiger partial charge in [-0.2, -0.15) is 0 Å². The summed E-state index contributed by atoms with van der Waals surface area (Å²) in [6.07, 6.45) is 5.94. The van der Waals surface area contributed by atoms with Gasteiger partial charge >= 0.3 is 38.2 Å². The van der Waals surface area contributed by atoms with E-state index in [0.717, 1.165) is 18.3 Å². The van der Waals surface area contributed by atoms with Crippen LogP contribution in [-0.4, -0.2) is 27.5 Å². The minimum Gasteiger partial charge on any atom is -0.876 e. The SMILES string of the molecule is CC(=O)/C=C(/C)[O-].CC(=O)/C=C(/C)[O-].O=C([O-])c1cnccn1.[Dy+3].[OH3+].[OH3+]. The Hall–Kier alpha value is -1.84. The van der Waals surface area contributed by atoms with Crippen LogP contribution in [0.15, 0.2) is 42.3 Å². The Bertz CT molecular complexity index is 553. The third-order valence-electron chi connectivity index (χ3n) is 1.59. The van der Waals surface area contributed by atoms with Gasteiger partial charge in [0.15, 0.2) is 11.6 Å². The Morgan fingerprint density at radius 3 is 1.35 bits per heavy atom. The summed E-state index contributed by atoms with van der Waals surface area (Å²) in [5.74, 6) is -2.05. The minimum atomic E-state index is -1.30. The van der Waals surface area contributed by atoms with Crippen LogP contribution in [0.1, 0.15) is 38.2 Å². The van der Waals surface area contributed by atoms with Crippen molar-refractivity contribution in [2.45, 2.75) is 27.7 Å². The second-order valence-corrected chi connectivity index (χ2v) is 4.11. The zero-order valence-corrected chi connectivity index (χ0v) is 16.7. The van der Waals surface area contributed by atoms with Gasteiger partial charge in [-0.3, -0.25) is 19.6 Å². The van der Waals surface area contributed by atoms with Crippen LogP contribution in [0, 0.1) is 38.2 Å². The number of carbonyl (C=O) groups is 3. The maximum absolute atomic E-state index is 9.99. The number of carboxylic acid groups (broad SMARTS) is 1. The average Bonchev–Trinajstić information content (AvgIpc) is 2.37. The van der Waals surface area contributed by atoms with E-state index >= 15 is 0 Å². The predicted octanol–water partition coefficient (Wildman–Crippen LogP) is -3.32. The van der Waals surface area contributed by atoms with E-state index in [1.165, 1.54) is 40.1 Å². The predicted molar refractivity (Wildman–Crippen MR) is 85.0 cm³/mol. The molecule has 0 aromatic carbocycles. The molecule has 10 nitrogen and oxygen atoms in total. The molecule has 26 heavy (non-hydrogen) atoms. The molecule has 0 aliphatic rings. The molecule has 0 aliphatic carbocycles. The van der Waals surface area contributed by atoms with Crippen LogP contribution < -0.4 is 15.3 Å². The van der Waals surface area contributed by atoms with E-state index in [1.807, 2.05) is 0 Å². The first-order valence-electron chi connectivity index (χ1n) is 6.25. The van der Waals surface area contributed by atoms with Gasteiger partial charge < -0.3 is 31.1 Å². The van der Waals surface area contributed by atoms with E-state index in [2.05, 4.69) is 9.97 Å². The van der Waals surface area contributed by atoms with Gasteiger partial charge in [0.05, 0.1) is 12.2 Å². The van der Waals surface area contributed by atoms with Crippen molar-refractivity contribution in [1.82, 2.24) is 9.97 Å². The normalized spacial score (nSPS) is 9.23. The van der Waals surface area contributed by atoms with Crippen LogP contribution in [0.2, 0.25) is 0 Å². The largest absolute Gasteiger partial charge is 3.00 e. The first kappa shape index (κ1) is 35.3. The van der Waals surface area contributed by atoms with Crippen LogP contribution in [-0.2, 0) is 20.5 Å². The second kappa shape index (κ2) is 21.2. The monoisotopic (exact) mass is 523 g/mol. The molecule has 0 spiro atoms. The molecule has 1 rings (SSSR count). The summed E-state index contributed by atoms with van der Waals surface area (Å²) in [5.41, 5.74) is -0.141. The molecule has 6 N–H and O–H groups in total. The van der Waals surface area contributed by atoms with Crippen LogP contribution in [0.25, 0.3) is 0 Å². The zero-order valence-electron chi connectivity index (χ0n) is 14.7. The third-order valence-corrected chi connectivity index (χ3v) is 1.59. The molecular formula is C15H23DyN2O8+2. The fourth-order valence-corrected chi connectivity index (χ4v) is 0.977. The summed E-state index contributed by atoms with van der Waals surface area (Å²) in [6, 6.07) is 0. The molecule has 1 radical (unpaired) electrons. The van der Waals surface area contributed by atoms with Gasteiger partial charge in [0.1, 0.15) is 5.69 Å². The second-order valence-electron chi connectivity index (χ2n) is 4.11. The summed E-state index contributed by atoms with van der Waals surface area (Å²) >= 11 is 0. The molecular weight excluding hydrogens is 499 g/mol. The molecule has 11 heteroatoms. The number of nitrogens with zero attached hydrogens (tertiary/aromatic N) is 2. The van der Waals surface area contributed by atoms with Crippen molar-refractivity contribution in [1.29, 1.82) is 0 Å². The maximum Gasteiger partial charge on any atom is 3.00 e. The topological polar surface area (TPSA) is 212 Å². The van der Waals surface area contributed by atoms with Crippen molar-refractivity contribution >= 4 is 17.5 Å². The molecule has 0 unspecified atom stereocenters. The van der Waals surface area contributed by atoms with Crippen LogP contribution in [0.4, 0.5) is 0 Å². The number of hydrogen-bond donors (Lipinski definition) is 0. The molecule has 1 heterocycles. The minimum absolute atomic E-state index is 0. The standard InChI is InChI=1S/C5H4N2O2.2C5H8O2.Dy.2H2O/c8-5(9)4-3-6-1-2-7-4;2*1-4(6)3-5(2)7;;;/h1-3H,(H,8,9);2*3,6H,1-2H3;;2*1H2/q;;;+3;;/p-1/b;2*4-3-;;;. The van der Waals surface area contributed by atoms with Gasteiger partial charge in [0.2, 0.25) is 0 Å². The number of carbonyl (C=O) groups excluding carboxylic acids is 3. The van der Waals surface area contributed by atoms with Gasteiger partial charge in [-0.25, -0.2) is 0 Å². The molecule has 149 valence electrons. The third kappa shape index (κ3) is 30.1. The molecule has 0 amide bonds. The van der Waals surface area contributed by atoms with Crippen LogP contribution >= 0.6 is 0 Å². The first-order chi connectivity index (χ1) is 10.6. The number of hydrogen-bond acceptors (Lipinski definition) is 8. The Labute approximate surface area is 181 Å². The summed E-state index contributed by atoms with van der Waals surface area (Å²) in [6.45, 7) is 5.39. The molecule has 0 aliphatic heterocycles. The average molecular weight is 522 g/mol. The Morgan fingerprint density at radius 2 is 1.23 bits per heavy atom. The van der Waals surface area contributed by atoms with E-state index in [-0.39, 0.29) is 77.9 Å². The molecule has 0 fully saturated rings. The number of carboxylic acids is 1. The number of allylic oxidation sites excluding steroid dienone is 4. The molecule has 1 aromatic rings. The van der Waals surface area contributed by atoms with Crippen molar-refractivity contribution in [2.24, 2.45) is 0 Å². The van der Waals surface area contributed by atoms with Gasteiger partial charge in [-0.15, -0.1) is 11.5 Å². The summed E-state index contributed by atoms with van der Waals surface area (Å²) in [4.78, 5) is 36.9. The molecule has 0 atom stereocenters. The van der Waals surface area contributed by atoms with Crippen molar-refractivity contribution in [3.63, 3.8) is 0 Å². The number of aromatic nitrogens is 2. The zero-order chi connectivity index (χ0) is 18.4. The van der Waals surface area contributed by atoms with E-state index in [4.69, 9.17) is 0 Å². The fraction of sp³-hybridized carbons (Fsp3) is 0.267. The Balaban J connectivity index is -0.0000000813. The van der Waals surface area contributed by atoms with Crippen molar-refractivity contribution in [3.8, 4) is 0 Å². The maximum atomic E-state index is 9.99.